The van der Waals surface area contributed by atoms with Crippen molar-refractivity contribution in [2.75, 3.05) is 24.5 Å². The molecular formula is C21H25N3O2. The molecule has 0 spiro atoms. The standard InChI is InChI=1S/C21H25N3O2/c1-3-24(4-2)18-11-9-16(10-12-18)15-5-7-17(8-6-15)20(25)23-19-13-14-22-21(19)26/h5-12,19H,3-4,13-14H2,1-2H3,(H,22,26)(H,23,25)/t19-/m1/s1. The fourth-order valence-electron chi connectivity index (χ4n) is 3.24. The van der Waals surface area contributed by atoms with Crippen molar-refractivity contribution in [3.8, 4) is 11.1 Å². The number of nitrogens with zero attached hydrogens (tertiary/aromatic N) is 1. The highest BCUT2D eigenvalue weighted by Crippen LogP contribution is 2.23. The van der Waals surface area contributed by atoms with Crippen LogP contribution in [-0.2, 0) is 4.79 Å². The first-order chi connectivity index (χ1) is 12.6. The van der Waals surface area contributed by atoms with Crippen molar-refractivity contribution in [2.45, 2.75) is 26.3 Å². The van der Waals surface area contributed by atoms with Crippen LogP contribution in [0.3, 0.4) is 0 Å². The second-order valence-corrected chi connectivity index (χ2v) is 6.40. The number of rotatable bonds is 6. The van der Waals surface area contributed by atoms with E-state index in [9.17, 15) is 9.59 Å². The van der Waals surface area contributed by atoms with Gasteiger partial charge in [0.05, 0.1) is 0 Å². The first kappa shape index (κ1) is 18.0. The van der Waals surface area contributed by atoms with Crippen molar-refractivity contribution in [3.63, 3.8) is 0 Å². The van der Waals surface area contributed by atoms with E-state index < -0.39 is 6.04 Å². The number of hydrogen-bond acceptors (Lipinski definition) is 3. The van der Waals surface area contributed by atoms with Gasteiger partial charge in [0, 0.05) is 30.9 Å². The Morgan fingerprint density at radius 1 is 1.04 bits per heavy atom. The van der Waals surface area contributed by atoms with Crippen molar-refractivity contribution < 1.29 is 9.59 Å². The average molecular weight is 351 g/mol. The molecule has 1 aliphatic rings. The van der Waals surface area contributed by atoms with Gasteiger partial charge in [-0.1, -0.05) is 24.3 Å². The zero-order chi connectivity index (χ0) is 18.5. The van der Waals surface area contributed by atoms with Gasteiger partial charge in [0.2, 0.25) is 5.91 Å². The Hall–Kier alpha value is -2.82. The van der Waals surface area contributed by atoms with Crippen molar-refractivity contribution in [1.29, 1.82) is 0 Å². The molecule has 0 radical (unpaired) electrons. The third-order valence-corrected chi connectivity index (χ3v) is 4.83. The summed E-state index contributed by atoms with van der Waals surface area (Å²) in [4.78, 5) is 26.2. The molecule has 136 valence electrons. The normalized spacial score (nSPS) is 16.2. The van der Waals surface area contributed by atoms with Gasteiger partial charge in [0.1, 0.15) is 6.04 Å². The molecule has 26 heavy (non-hydrogen) atoms. The monoisotopic (exact) mass is 351 g/mol. The first-order valence-electron chi connectivity index (χ1n) is 9.16. The SMILES string of the molecule is CCN(CC)c1ccc(-c2ccc(C(=O)N[C@@H]3CCNC3=O)cc2)cc1. The maximum absolute atomic E-state index is 12.3. The fraction of sp³-hybridized carbons (Fsp3) is 0.333. The van der Waals surface area contributed by atoms with Crippen molar-refractivity contribution in [3.05, 3.63) is 54.1 Å². The highest BCUT2D eigenvalue weighted by molar-refractivity contribution is 5.98. The predicted molar refractivity (Wildman–Crippen MR) is 104 cm³/mol. The summed E-state index contributed by atoms with van der Waals surface area (Å²) >= 11 is 0. The Bertz CT molecular complexity index is 765. The Kier molecular flexibility index (Phi) is 5.56. The van der Waals surface area contributed by atoms with Crippen molar-refractivity contribution in [1.82, 2.24) is 10.6 Å². The van der Waals surface area contributed by atoms with Crippen LogP contribution < -0.4 is 15.5 Å². The summed E-state index contributed by atoms with van der Waals surface area (Å²) in [6.45, 7) is 6.89. The molecule has 2 aromatic carbocycles. The molecule has 0 unspecified atom stereocenters. The van der Waals surface area contributed by atoms with Crippen LogP contribution >= 0.6 is 0 Å². The molecule has 2 aromatic rings. The largest absolute Gasteiger partial charge is 0.372 e. The van der Waals surface area contributed by atoms with E-state index in [1.807, 2.05) is 12.1 Å². The van der Waals surface area contributed by atoms with E-state index in [2.05, 4.69) is 53.6 Å². The molecular weight excluding hydrogens is 326 g/mol. The average Bonchev–Trinajstić information content (AvgIpc) is 3.08. The number of benzene rings is 2. The van der Waals surface area contributed by atoms with Crippen LogP contribution in [0.15, 0.2) is 48.5 Å². The molecule has 3 rings (SSSR count). The second kappa shape index (κ2) is 8.04. The first-order valence-corrected chi connectivity index (χ1v) is 9.16. The van der Waals surface area contributed by atoms with E-state index >= 15 is 0 Å². The fourth-order valence-corrected chi connectivity index (χ4v) is 3.24. The minimum atomic E-state index is -0.421. The third-order valence-electron chi connectivity index (χ3n) is 4.83. The van der Waals surface area contributed by atoms with Crippen LogP contribution in [0, 0.1) is 0 Å². The number of amides is 2. The van der Waals surface area contributed by atoms with Crippen LogP contribution in [0.1, 0.15) is 30.6 Å². The molecule has 1 atom stereocenters. The minimum absolute atomic E-state index is 0.108. The number of anilines is 1. The molecule has 1 aliphatic heterocycles. The van der Waals surface area contributed by atoms with Crippen LogP contribution in [0.4, 0.5) is 5.69 Å². The lowest BCUT2D eigenvalue weighted by Crippen LogP contribution is -2.40. The molecule has 1 fully saturated rings. The van der Waals surface area contributed by atoms with E-state index in [1.54, 1.807) is 12.1 Å². The van der Waals surface area contributed by atoms with Gasteiger partial charge in [-0.3, -0.25) is 9.59 Å². The minimum Gasteiger partial charge on any atom is -0.372 e. The van der Waals surface area contributed by atoms with Crippen molar-refractivity contribution >= 4 is 17.5 Å². The van der Waals surface area contributed by atoms with E-state index in [1.165, 1.54) is 5.69 Å². The van der Waals surface area contributed by atoms with E-state index in [0.717, 1.165) is 24.2 Å². The number of nitrogens with one attached hydrogen (secondary N) is 2. The lowest BCUT2D eigenvalue weighted by molar-refractivity contribution is -0.120. The molecule has 0 aliphatic carbocycles. The number of carbonyl (C=O) groups is 2. The summed E-state index contributed by atoms with van der Waals surface area (Å²) in [5, 5.41) is 5.50. The molecule has 0 saturated carbocycles. The van der Waals surface area contributed by atoms with E-state index in [-0.39, 0.29) is 11.8 Å². The summed E-state index contributed by atoms with van der Waals surface area (Å²) in [6, 6.07) is 15.5. The maximum atomic E-state index is 12.3. The molecule has 1 heterocycles. The molecule has 0 bridgehead atoms. The van der Waals surface area contributed by atoms with Gasteiger partial charge in [0.15, 0.2) is 0 Å². The third kappa shape index (κ3) is 3.87. The number of hydrogen-bond donors (Lipinski definition) is 2. The van der Waals surface area contributed by atoms with Crippen molar-refractivity contribution in [2.24, 2.45) is 0 Å². The zero-order valence-electron chi connectivity index (χ0n) is 15.3. The quantitative estimate of drug-likeness (QED) is 0.841. The molecule has 5 heteroatoms. The Balaban J connectivity index is 1.69. The summed E-state index contributed by atoms with van der Waals surface area (Å²) in [7, 11) is 0. The van der Waals surface area contributed by atoms with Gasteiger partial charge in [0.25, 0.3) is 5.91 Å². The van der Waals surface area contributed by atoms with Gasteiger partial charge >= 0.3 is 0 Å². The summed E-state index contributed by atoms with van der Waals surface area (Å²) in [5.41, 5.74) is 3.95. The molecule has 0 aromatic heterocycles. The van der Waals surface area contributed by atoms with E-state index in [4.69, 9.17) is 0 Å². The summed E-state index contributed by atoms with van der Waals surface area (Å²) < 4.78 is 0. The van der Waals surface area contributed by atoms with E-state index in [0.29, 0.717) is 18.5 Å². The highest BCUT2D eigenvalue weighted by Gasteiger charge is 2.25. The van der Waals surface area contributed by atoms with Gasteiger partial charge in [-0.15, -0.1) is 0 Å². The zero-order valence-corrected chi connectivity index (χ0v) is 15.3. The van der Waals surface area contributed by atoms with Gasteiger partial charge in [-0.2, -0.15) is 0 Å². The van der Waals surface area contributed by atoms with Crippen LogP contribution in [0.2, 0.25) is 0 Å². The van der Waals surface area contributed by atoms with Crippen LogP contribution in [0.5, 0.6) is 0 Å². The predicted octanol–water partition coefficient (Wildman–Crippen LogP) is 2.82. The molecule has 2 amide bonds. The highest BCUT2D eigenvalue weighted by atomic mass is 16.2. The Morgan fingerprint density at radius 3 is 2.12 bits per heavy atom. The summed E-state index contributed by atoms with van der Waals surface area (Å²) in [6.07, 6.45) is 0.640. The lowest BCUT2D eigenvalue weighted by Gasteiger charge is -2.21. The van der Waals surface area contributed by atoms with Gasteiger partial charge in [-0.05, 0) is 55.7 Å². The van der Waals surface area contributed by atoms with Gasteiger partial charge < -0.3 is 15.5 Å². The Morgan fingerprint density at radius 2 is 1.62 bits per heavy atom. The smallest absolute Gasteiger partial charge is 0.251 e. The lowest BCUT2D eigenvalue weighted by atomic mass is 10.0. The topological polar surface area (TPSA) is 61.4 Å². The second-order valence-electron chi connectivity index (χ2n) is 6.40. The summed E-state index contributed by atoms with van der Waals surface area (Å²) in [5.74, 6) is -0.321. The Labute approximate surface area is 154 Å². The molecule has 5 nitrogen and oxygen atoms in total. The molecule has 2 N–H and O–H groups in total. The molecule has 1 saturated heterocycles. The van der Waals surface area contributed by atoms with Crippen LogP contribution in [0.25, 0.3) is 11.1 Å². The maximum Gasteiger partial charge on any atom is 0.251 e. The van der Waals surface area contributed by atoms with Crippen LogP contribution in [-0.4, -0.2) is 37.5 Å². The van der Waals surface area contributed by atoms with Gasteiger partial charge in [-0.25, -0.2) is 0 Å². The number of carbonyl (C=O) groups excluding carboxylic acids is 2.